The van der Waals surface area contributed by atoms with E-state index in [1.54, 1.807) is 6.07 Å². The zero-order chi connectivity index (χ0) is 18.1. The molecule has 1 atom stereocenters. The fourth-order valence-electron chi connectivity index (χ4n) is 5.09. The highest BCUT2D eigenvalue weighted by Gasteiger charge is 2.49. The topological polar surface area (TPSA) is 39.7 Å². The highest BCUT2D eigenvalue weighted by molar-refractivity contribution is 5.87. The lowest BCUT2D eigenvalue weighted by Crippen LogP contribution is -2.62. The van der Waals surface area contributed by atoms with Crippen LogP contribution in [0, 0.1) is 5.82 Å². The molecule has 3 fully saturated rings. The number of rotatable bonds is 3. The molecular formula is C20H29FN4O. The highest BCUT2D eigenvalue weighted by Crippen LogP contribution is 2.39. The molecule has 3 aliphatic rings. The number of piperazine rings is 1. The van der Waals surface area contributed by atoms with Crippen LogP contribution in [0.4, 0.5) is 10.2 Å². The molecule has 1 aromatic rings. The molecule has 4 rings (SSSR count). The summed E-state index contributed by atoms with van der Waals surface area (Å²) in [6.07, 6.45) is 8.06. The average molecular weight is 360 g/mol. The van der Waals surface area contributed by atoms with Gasteiger partial charge in [-0.3, -0.25) is 9.69 Å². The van der Waals surface area contributed by atoms with Gasteiger partial charge in [0.15, 0.2) is 0 Å². The first-order valence-corrected chi connectivity index (χ1v) is 10.0. The molecule has 0 spiro atoms. The molecule has 1 aliphatic carbocycles. The van der Waals surface area contributed by atoms with Crippen molar-refractivity contribution >= 4 is 11.7 Å². The summed E-state index contributed by atoms with van der Waals surface area (Å²) in [5, 5.41) is 0. The minimum atomic E-state index is -0.316. The highest BCUT2D eigenvalue weighted by atomic mass is 19.1. The Morgan fingerprint density at radius 1 is 1.12 bits per heavy atom. The first-order valence-electron chi connectivity index (χ1n) is 10.0. The molecule has 142 valence electrons. The summed E-state index contributed by atoms with van der Waals surface area (Å²) in [6.45, 7) is 6.45. The summed E-state index contributed by atoms with van der Waals surface area (Å²) in [5.74, 6) is 0.820. The van der Waals surface area contributed by atoms with Crippen molar-refractivity contribution in [2.45, 2.75) is 57.0 Å². The van der Waals surface area contributed by atoms with Gasteiger partial charge in [0.1, 0.15) is 17.2 Å². The first-order chi connectivity index (χ1) is 12.6. The lowest BCUT2D eigenvalue weighted by Gasteiger charge is -2.46. The largest absolute Gasteiger partial charge is 0.350 e. The predicted molar refractivity (Wildman–Crippen MR) is 99.6 cm³/mol. The molecule has 1 saturated carbocycles. The number of hydrogen-bond donors (Lipinski definition) is 0. The van der Waals surface area contributed by atoms with Crippen LogP contribution in [0.5, 0.6) is 0 Å². The number of anilines is 1. The Hall–Kier alpha value is -1.69. The van der Waals surface area contributed by atoms with Crippen LogP contribution in [0.3, 0.4) is 0 Å². The van der Waals surface area contributed by atoms with Gasteiger partial charge >= 0.3 is 0 Å². The van der Waals surface area contributed by atoms with E-state index in [0.29, 0.717) is 12.5 Å². The van der Waals surface area contributed by atoms with Crippen LogP contribution in [0.2, 0.25) is 0 Å². The minimum Gasteiger partial charge on any atom is -0.350 e. The molecule has 5 nitrogen and oxygen atoms in total. The molecule has 6 heteroatoms. The Morgan fingerprint density at radius 2 is 1.85 bits per heavy atom. The zero-order valence-corrected chi connectivity index (χ0v) is 15.7. The number of likely N-dealkylation sites (tertiary alicyclic amines) is 1. The van der Waals surface area contributed by atoms with Crippen molar-refractivity contribution in [3.63, 3.8) is 0 Å². The van der Waals surface area contributed by atoms with Gasteiger partial charge in [0.25, 0.3) is 0 Å². The van der Waals surface area contributed by atoms with Crippen molar-refractivity contribution < 1.29 is 9.18 Å². The maximum atomic E-state index is 13.5. The van der Waals surface area contributed by atoms with E-state index in [-0.39, 0.29) is 17.4 Å². The van der Waals surface area contributed by atoms with Crippen molar-refractivity contribution in [3.05, 3.63) is 24.1 Å². The van der Waals surface area contributed by atoms with Crippen LogP contribution in [-0.2, 0) is 4.79 Å². The predicted octanol–water partition coefficient (Wildman–Crippen LogP) is 2.67. The number of carbonyl (C=O) groups is 1. The second kappa shape index (κ2) is 7.14. The zero-order valence-electron chi connectivity index (χ0n) is 15.7. The fourth-order valence-corrected chi connectivity index (χ4v) is 5.09. The third-order valence-corrected chi connectivity index (χ3v) is 6.46. The first kappa shape index (κ1) is 17.7. The van der Waals surface area contributed by atoms with Crippen LogP contribution in [-0.4, -0.2) is 65.0 Å². The summed E-state index contributed by atoms with van der Waals surface area (Å²) in [7, 11) is 0. The van der Waals surface area contributed by atoms with E-state index in [2.05, 4.69) is 26.6 Å². The summed E-state index contributed by atoms with van der Waals surface area (Å²) in [5.41, 5.74) is -0.244. The second-order valence-corrected chi connectivity index (χ2v) is 8.06. The summed E-state index contributed by atoms with van der Waals surface area (Å²) >= 11 is 0. The molecule has 26 heavy (non-hydrogen) atoms. The van der Waals surface area contributed by atoms with Gasteiger partial charge in [-0.15, -0.1) is 0 Å². The summed E-state index contributed by atoms with van der Waals surface area (Å²) in [4.78, 5) is 24.5. The Bertz CT molecular complexity index is 638. The summed E-state index contributed by atoms with van der Waals surface area (Å²) in [6, 6.07) is 3.36. The number of hydrogen-bond acceptors (Lipinski definition) is 4. The van der Waals surface area contributed by atoms with Gasteiger partial charge in [0.2, 0.25) is 5.91 Å². The minimum absolute atomic E-state index is 0.183. The third kappa shape index (κ3) is 3.08. The molecule has 1 aromatic heterocycles. The van der Waals surface area contributed by atoms with E-state index in [9.17, 15) is 9.18 Å². The van der Waals surface area contributed by atoms with E-state index in [1.807, 2.05) is 0 Å². The van der Waals surface area contributed by atoms with E-state index in [0.717, 1.165) is 57.7 Å². The Balaban J connectivity index is 1.47. The standard InChI is InChI=1S/C20H29FN4O/c1-16-15-23(12-13-25(16)18-7-6-17(21)14-22-18)19(26)20(8-2-3-9-20)24-10-4-5-11-24/h6-7,14,16H,2-5,8-13,15H2,1H3. The van der Waals surface area contributed by atoms with Gasteiger partial charge < -0.3 is 9.80 Å². The number of amides is 1. The third-order valence-electron chi connectivity index (χ3n) is 6.46. The van der Waals surface area contributed by atoms with Crippen molar-refractivity contribution in [2.24, 2.45) is 0 Å². The van der Waals surface area contributed by atoms with E-state index < -0.39 is 0 Å². The second-order valence-electron chi connectivity index (χ2n) is 8.06. The van der Waals surface area contributed by atoms with Crippen LogP contribution >= 0.6 is 0 Å². The number of carbonyl (C=O) groups excluding carboxylic acids is 1. The number of aromatic nitrogens is 1. The maximum absolute atomic E-state index is 13.5. The van der Waals surface area contributed by atoms with Crippen molar-refractivity contribution in [3.8, 4) is 0 Å². The van der Waals surface area contributed by atoms with E-state index >= 15 is 0 Å². The normalized spacial score (nSPS) is 26.5. The molecule has 1 amide bonds. The molecule has 1 unspecified atom stereocenters. The molecule has 0 N–H and O–H groups in total. The van der Waals surface area contributed by atoms with Crippen LogP contribution < -0.4 is 4.90 Å². The Labute approximate surface area is 155 Å². The van der Waals surface area contributed by atoms with Crippen LogP contribution in [0.15, 0.2) is 18.3 Å². The lowest BCUT2D eigenvalue weighted by molar-refractivity contribution is -0.144. The van der Waals surface area contributed by atoms with Gasteiger partial charge in [-0.2, -0.15) is 0 Å². The molecule has 3 heterocycles. The van der Waals surface area contributed by atoms with Crippen molar-refractivity contribution in [2.75, 3.05) is 37.6 Å². The Kier molecular flexibility index (Phi) is 4.86. The molecular weight excluding hydrogens is 331 g/mol. The monoisotopic (exact) mass is 360 g/mol. The lowest BCUT2D eigenvalue weighted by atomic mass is 9.92. The molecule has 2 saturated heterocycles. The van der Waals surface area contributed by atoms with Crippen LogP contribution in [0.1, 0.15) is 45.4 Å². The average Bonchev–Trinajstić information content (AvgIpc) is 3.34. The molecule has 2 aliphatic heterocycles. The molecule has 0 bridgehead atoms. The maximum Gasteiger partial charge on any atom is 0.243 e. The molecule has 0 aromatic carbocycles. The quantitative estimate of drug-likeness (QED) is 0.831. The van der Waals surface area contributed by atoms with E-state index in [1.165, 1.54) is 25.1 Å². The molecule has 0 radical (unpaired) electrons. The number of pyridine rings is 1. The number of nitrogens with zero attached hydrogens (tertiary/aromatic N) is 4. The van der Waals surface area contributed by atoms with Crippen molar-refractivity contribution in [1.82, 2.24) is 14.8 Å². The fraction of sp³-hybridized carbons (Fsp3) is 0.700. The van der Waals surface area contributed by atoms with Crippen LogP contribution in [0.25, 0.3) is 0 Å². The van der Waals surface area contributed by atoms with Gasteiger partial charge in [-0.05, 0) is 57.8 Å². The van der Waals surface area contributed by atoms with Gasteiger partial charge in [-0.1, -0.05) is 12.8 Å². The SMILES string of the molecule is CC1CN(C(=O)C2(N3CCCC3)CCCC2)CCN1c1ccc(F)cn1. The summed E-state index contributed by atoms with van der Waals surface area (Å²) < 4.78 is 13.1. The smallest absolute Gasteiger partial charge is 0.243 e. The van der Waals surface area contributed by atoms with Gasteiger partial charge in [0, 0.05) is 25.7 Å². The van der Waals surface area contributed by atoms with Gasteiger partial charge in [0.05, 0.1) is 6.20 Å². The Morgan fingerprint density at radius 3 is 2.46 bits per heavy atom. The van der Waals surface area contributed by atoms with Gasteiger partial charge in [-0.25, -0.2) is 9.37 Å². The number of halogens is 1. The van der Waals surface area contributed by atoms with Crippen molar-refractivity contribution in [1.29, 1.82) is 0 Å². The van der Waals surface area contributed by atoms with E-state index in [4.69, 9.17) is 0 Å².